The van der Waals surface area contributed by atoms with E-state index < -0.39 is 0 Å². The first kappa shape index (κ1) is 10.2. The van der Waals surface area contributed by atoms with Crippen molar-refractivity contribution < 1.29 is 0 Å². The van der Waals surface area contributed by atoms with Crippen molar-refractivity contribution >= 4 is 15.9 Å². The Morgan fingerprint density at radius 3 is 3.00 bits per heavy atom. The van der Waals surface area contributed by atoms with Crippen molar-refractivity contribution in [3.05, 3.63) is 33.8 Å². The van der Waals surface area contributed by atoms with Crippen LogP contribution in [0.4, 0.5) is 0 Å². The lowest BCUT2D eigenvalue weighted by atomic mass is 9.97. The highest BCUT2D eigenvalue weighted by Gasteiger charge is 2.24. The Morgan fingerprint density at radius 1 is 1.50 bits per heavy atom. The molecule has 1 nitrogen and oxygen atoms in total. The first-order valence-electron chi connectivity index (χ1n) is 5.19. The highest BCUT2D eigenvalue weighted by atomic mass is 79.9. The molecule has 1 aromatic rings. The van der Waals surface area contributed by atoms with E-state index in [-0.39, 0.29) is 0 Å². The Balaban J connectivity index is 2.29. The zero-order chi connectivity index (χ0) is 10.1. The maximum absolute atomic E-state index is 3.64. The Kier molecular flexibility index (Phi) is 2.93. The summed E-state index contributed by atoms with van der Waals surface area (Å²) in [6, 6.07) is 7.01. The molecule has 1 heterocycles. The lowest BCUT2D eigenvalue weighted by Gasteiger charge is -2.15. The van der Waals surface area contributed by atoms with Crippen molar-refractivity contribution in [2.45, 2.75) is 32.9 Å². The molecule has 1 N–H and O–H groups in total. The van der Waals surface area contributed by atoms with Gasteiger partial charge in [-0.15, -0.1) is 0 Å². The highest BCUT2D eigenvalue weighted by Crippen LogP contribution is 2.35. The molecule has 0 spiro atoms. The van der Waals surface area contributed by atoms with Gasteiger partial charge < -0.3 is 5.32 Å². The van der Waals surface area contributed by atoms with Gasteiger partial charge in [-0.3, -0.25) is 0 Å². The summed E-state index contributed by atoms with van der Waals surface area (Å²) in [5.41, 5.74) is 2.92. The number of halogens is 1. The van der Waals surface area contributed by atoms with Crippen molar-refractivity contribution in [2.24, 2.45) is 5.92 Å². The third-order valence-electron chi connectivity index (χ3n) is 2.74. The summed E-state index contributed by atoms with van der Waals surface area (Å²) < 4.78 is 1.26. The molecular weight excluding hydrogens is 238 g/mol. The molecule has 0 fully saturated rings. The zero-order valence-corrected chi connectivity index (χ0v) is 10.3. The monoisotopic (exact) mass is 253 g/mol. The molecule has 1 aromatic carbocycles. The van der Waals surface area contributed by atoms with Crippen molar-refractivity contribution in [3.63, 3.8) is 0 Å². The summed E-state index contributed by atoms with van der Waals surface area (Å²) in [6.07, 6.45) is 1.22. The predicted molar refractivity (Wildman–Crippen MR) is 63.2 cm³/mol. The largest absolute Gasteiger partial charge is 0.306 e. The van der Waals surface area contributed by atoms with Gasteiger partial charge in [0, 0.05) is 17.1 Å². The molecule has 0 aliphatic carbocycles. The predicted octanol–water partition coefficient (Wildman–Crippen LogP) is 3.64. The highest BCUT2D eigenvalue weighted by molar-refractivity contribution is 9.10. The van der Waals surface area contributed by atoms with Gasteiger partial charge in [-0.25, -0.2) is 0 Å². The second-order valence-corrected chi connectivity index (χ2v) is 5.23. The molecule has 1 unspecified atom stereocenters. The summed E-state index contributed by atoms with van der Waals surface area (Å²) in [5, 5.41) is 3.56. The van der Waals surface area contributed by atoms with Crippen LogP contribution in [0.5, 0.6) is 0 Å². The van der Waals surface area contributed by atoms with Crippen LogP contribution >= 0.6 is 15.9 Å². The summed E-state index contributed by atoms with van der Waals surface area (Å²) in [6.45, 7) is 5.57. The Labute approximate surface area is 94.0 Å². The second kappa shape index (κ2) is 4.03. The van der Waals surface area contributed by atoms with Crippen LogP contribution in [0.25, 0.3) is 0 Å². The minimum absolute atomic E-state index is 0.542. The quantitative estimate of drug-likeness (QED) is 0.849. The summed E-state index contributed by atoms with van der Waals surface area (Å²) in [4.78, 5) is 0. The topological polar surface area (TPSA) is 12.0 Å². The first-order chi connectivity index (χ1) is 6.68. The van der Waals surface area contributed by atoms with Crippen molar-refractivity contribution in [1.82, 2.24) is 5.32 Å². The van der Waals surface area contributed by atoms with Gasteiger partial charge in [0.1, 0.15) is 0 Å². The Hall–Kier alpha value is -0.340. The van der Waals surface area contributed by atoms with Crippen LogP contribution in [0.3, 0.4) is 0 Å². The van der Waals surface area contributed by atoms with Gasteiger partial charge in [-0.2, -0.15) is 0 Å². The van der Waals surface area contributed by atoms with Crippen LogP contribution < -0.4 is 5.32 Å². The lowest BCUT2D eigenvalue weighted by molar-refractivity contribution is 0.454. The molecule has 0 saturated heterocycles. The van der Waals surface area contributed by atoms with Crippen LogP contribution in [0.1, 0.15) is 37.4 Å². The van der Waals surface area contributed by atoms with Crippen LogP contribution in [-0.2, 0) is 6.54 Å². The SMILES string of the molecule is CC(C)CC1NCc2cccc(Br)c21. The van der Waals surface area contributed by atoms with Gasteiger partial charge in [0.15, 0.2) is 0 Å². The van der Waals surface area contributed by atoms with Crippen molar-refractivity contribution in [3.8, 4) is 0 Å². The standard InChI is InChI=1S/C12H16BrN/c1-8(2)6-11-12-9(7-14-11)4-3-5-10(12)13/h3-5,8,11,14H,6-7H2,1-2H3. The van der Waals surface area contributed by atoms with Gasteiger partial charge in [-0.05, 0) is 29.5 Å². The van der Waals surface area contributed by atoms with E-state index in [0.717, 1.165) is 12.5 Å². The van der Waals surface area contributed by atoms with Gasteiger partial charge >= 0.3 is 0 Å². The van der Waals surface area contributed by atoms with E-state index in [1.54, 1.807) is 0 Å². The van der Waals surface area contributed by atoms with Crippen LogP contribution in [-0.4, -0.2) is 0 Å². The van der Waals surface area contributed by atoms with Gasteiger partial charge in [-0.1, -0.05) is 41.9 Å². The van der Waals surface area contributed by atoms with E-state index >= 15 is 0 Å². The molecule has 0 aromatic heterocycles. The molecule has 1 aliphatic rings. The molecule has 2 heteroatoms. The molecule has 1 atom stereocenters. The fourth-order valence-electron chi connectivity index (χ4n) is 2.13. The summed E-state index contributed by atoms with van der Waals surface area (Å²) >= 11 is 3.64. The molecular formula is C12H16BrN. The summed E-state index contributed by atoms with van der Waals surface area (Å²) in [7, 11) is 0. The van der Waals surface area contributed by atoms with Crippen LogP contribution in [0.15, 0.2) is 22.7 Å². The molecule has 0 amide bonds. The third kappa shape index (κ3) is 1.86. The molecule has 76 valence electrons. The average molecular weight is 254 g/mol. The molecule has 0 bridgehead atoms. The van der Waals surface area contributed by atoms with Crippen LogP contribution in [0, 0.1) is 5.92 Å². The normalized spacial score (nSPS) is 20.1. The number of benzene rings is 1. The van der Waals surface area contributed by atoms with Gasteiger partial charge in [0.05, 0.1) is 0 Å². The maximum Gasteiger partial charge on any atom is 0.0340 e. The molecule has 14 heavy (non-hydrogen) atoms. The second-order valence-electron chi connectivity index (χ2n) is 4.38. The fraction of sp³-hybridized carbons (Fsp3) is 0.500. The van der Waals surface area contributed by atoms with E-state index in [9.17, 15) is 0 Å². The van der Waals surface area contributed by atoms with E-state index in [1.165, 1.54) is 22.0 Å². The van der Waals surface area contributed by atoms with E-state index in [1.807, 2.05) is 0 Å². The number of nitrogens with one attached hydrogen (secondary N) is 1. The van der Waals surface area contributed by atoms with E-state index in [2.05, 4.69) is 53.3 Å². The third-order valence-corrected chi connectivity index (χ3v) is 3.43. The molecule has 0 saturated carbocycles. The van der Waals surface area contributed by atoms with Crippen LogP contribution in [0.2, 0.25) is 0 Å². The van der Waals surface area contributed by atoms with E-state index in [4.69, 9.17) is 0 Å². The molecule has 1 aliphatic heterocycles. The summed E-state index contributed by atoms with van der Waals surface area (Å²) in [5.74, 6) is 0.741. The minimum atomic E-state index is 0.542. The zero-order valence-electron chi connectivity index (χ0n) is 8.68. The maximum atomic E-state index is 3.64. The molecule has 0 radical (unpaired) electrons. The van der Waals surface area contributed by atoms with Gasteiger partial charge in [0.2, 0.25) is 0 Å². The van der Waals surface area contributed by atoms with E-state index in [0.29, 0.717) is 6.04 Å². The van der Waals surface area contributed by atoms with Crippen molar-refractivity contribution in [2.75, 3.05) is 0 Å². The first-order valence-corrected chi connectivity index (χ1v) is 5.98. The van der Waals surface area contributed by atoms with Crippen molar-refractivity contribution in [1.29, 1.82) is 0 Å². The molecule has 2 rings (SSSR count). The Morgan fingerprint density at radius 2 is 2.29 bits per heavy atom. The Bertz CT molecular complexity index is 333. The number of hydrogen-bond donors (Lipinski definition) is 1. The number of rotatable bonds is 2. The smallest absolute Gasteiger partial charge is 0.0340 e. The average Bonchev–Trinajstić information content (AvgIpc) is 2.49. The fourth-order valence-corrected chi connectivity index (χ4v) is 2.82. The minimum Gasteiger partial charge on any atom is -0.306 e. The van der Waals surface area contributed by atoms with Gasteiger partial charge in [0.25, 0.3) is 0 Å². The number of fused-ring (bicyclic) bond motifs is 1. The number of hydrogen-bond acceptors (Lipinski definition) is 1. The lowest BCUT2D eigenvalue weighted by Crippen LogP contribution is -2.14.